The summed E-state index contributed by atoms with van der Waals surface area (Å²) in [5.41, 5.74) is -1.05. The molecule has 9 nitrogen and oxygen atoms in total. The number of carbonyl (C=O) groups excluding carboxylic acids is 1. The molecule has 0 radical (unpaired) electrons. The van der Waals surface area contributed by atoms with Crippen LogP contribution in [0, 0.1) is 5.41 Å². The SMILES string of the molecule is CN(C)C(=O)c1cccc(Nc2c(N[C@@H](c3cccs3)C(C)(C)C)c(=O)n(C)[nH]c2=O)c1O. The molecule has 176 valence electrons. The average Bonchev–Trinajstić information content (AvgIpc) is 3.25. The number of aromatic hydroxyl groups is 1. The van der Waals surface area contributed by atoms with Crippen LogP contribution in [0.2, 0.25) is 0 Å². The minimum atomic E-state index is -0.554. The number of phenols is 1. The Hall–Kier alpha value is -3.53. The van der Waals surface area contributed by atoms with Crippen molar-refractivity contribution >= 4 is 34.3 Å². The van der Waals surface area contributed by atoms with Gasteiger partial charge in [0.15, 0.2) is 5.75 Å². The quantitative estimate of drug-likeness (QED) is 0.409. The largest absolute Gasteiger partial charge is 0.505 e. The second-order valence-electron chi connectivity index (χ2n) is 9.04. The Morgan fingerprint density at radius 1 is 1.15 bits per heavy atom. The van der Waals surface area contributed by atoms with Gasteiger partial charge in [-0.15, -0.1) is 11.3 Å². The summed E-state index contributed by atoms with van der Waals surface area (Å²) in [5, 5.41) is 21.3. The standard InChI is InChI=1S/C23H29N5O4S/c1-23(2,3)19(15-11-8-12-33-15)25-17-16(20(30)26-28(6)22(17)32)24-14-10-7-9-13(18(14)29)21(31)27(4)5/h7-12,19,24-25,29H,1-6H3,(H,26,30)/t19-/m0/s1. The first-order chi connectivity index (χ1) is 15.4. The van der Waals surface area contributed by atoms with Gasteiger partial charge in [0.25, 0.3) is 17.0 Å². The molecule has 0 aliphatic rings. The molecule has 1 amide bonds. The van der Waals surface area contributed by atoms with E-state index >= 15 is 0 Å². The number of para-hydroxylation sites is 1. The number of hydrogen-bond donors (Lipinski definition) is 4. The summed E-state index contributed by atoms with van der Waals surface area (Å²) in [5.74, 6) is -0.703. The Morgan fingerprint density at radius 3 is 2.42 bits per heavy atom. The first kappa shape index (κ1) is 24.1. The number of nitrogens with zero attached hydrogens (tertiary/aromatic N) is 2. The van der Waals surface area contributed by atoms with E-state index in [0.29, 0.717) is 0 Å². The van der Waals surface area contributed by atoms with Gasteiger partial charge >= 0.3 is 0 Å². The predicted molar refractivity (Wildman–Crippen MR) is 132 cm³/mol. The van der Waals surface area contributed by atoms with E-state index in [4.69, 9.17) is 0 Å². The van der Waals surface area contributed by atoms with Crippen LogP contribution in [0.15, 0.2) is 45.3 Å². The molecule has 33 heavy (non-hydrogen) atoms. The van der Waals surface area contributed by atoms with Crippen molar-refractivity contribution in [2.24, 2.45) is 12.5 Å². The fourth-order valence-electron chi connectivity index (χ4n) is 3.41. The molecule has 0 bridgehead atoms. The molecule has 0 saturated heterocycles. The minimum Gasteiger partial charge on any atom is -0.505 e. The van der Waals surface area contributed by atoms with E-state index < -0.39 is 17.0 Å². The molecular weight excluding hydrogens is 442 g/mol. The van der Waals surface area contributed by atoms with Crippen molar-refractivity contribution in [2.75, 3.05) is 24.7 Å². The second kappa shape index (κ2) is 9.14. The van der Waals surface area contributed by atoms with E-state index in [0.717, 1.165) is 9.56 Å². The number of hydrogen-bond acceptors (Lipinski definition) is 7. The zero-order valence-corrected chi connectivity index (χ0v) is 20.3. The summed E-state index contributed by atoms with van der Waals surface area (Å²) in [6, 6.07) is 8.25. The third-order valence-corrected chi connectivity index (χ3v) is 6.12. The first-order valence-electron chi connectivity index (χ1n) is 10.4. The number of anilines is 3. The Labute approximate surface area is 195 Å². The van der Waals surface area contributed by atoms with Gasteiger partial charge in [0, 0.05) is 26.0 Å². The Balaban J connectivity index is 2.13. The Morgan fingerprint density at radius 2 is 1.85 bits per heavy atom. The number of H-pyrrole nitrogens is 1. The summed E-state index contributed by atoms with van der Waals surface area (Å²) in [6.45, 7) is 6.12. The highest BCUT2D eigenvalue weighted by molar-refractivity contribution is 7.10. The maximum atomic E-state index is 13.1. The van der Waals surface area contributed by atoms with E-state index in [1.807, 2.05) is 38.3 Å². The van der Waals surface area contributed by atoms with Gasteiger partial charge < -0.3 is 20.6 Å². The molecule has 1 atom stereocenters. The number of benzene rings is 1. The molecule has 3 rings (SSSR count). The highest BCUT2D eigenvalue weighted by atomic mass is 32.1. The van der Waals surface area contributed by atoms with Crippen LogP contribution in [-0.2, 0) is 7.05 Å². The lowest BCUT2D eigenvalue weighted by atomic mass is 9.85. The van der Waals surface area contributed by atoms with Crippen LogP contribution in [0.5, 0.6) is 5.75 Å². The Kier molecular flexibility index (Phi) is 6.68. The number of aromatic amines is 1. The highest BCUT2D eigenvalue weighted by Gasteiger charge is 2.30. The van der Waals surface area contributed by atoms with Gasteiger partial charge in [0.1, 0.15) is 11.4 Å². The molecule has 0 aliphatic carbocycles. The van der Waals surface area contributed by atoms with E-state index in [-0.39, 0.29) is 39.8 Å². The lowest BCUT2D eigenvalue weighted by Gasteiger charge is -2.32. The van der Waals surface area contributed by atoms with Crippen molar-refractivity contribution in [3.05, 3.63) is 66.9 Å². The summed E-state index contributed by atoms with van der Waals surface area (Å²) < 4.78 is 1.11. The molecule has 0 spiro atoms. The van der Waals surface area contributed by atoms with Crippen LogP contribution < -0.4 is 21.8 Å². The van der Waals surface area contributed by atoms with Gasteiger partial charge in [-0.05, 0) is 29.0 Å². The van der Waals surface area contributed by atoms with E-state index in [2.05, 4.69) is 15.7 Å². The van der Waals surface area contributed by atoms with Gasteiger partial charge in [-0.25, -0.2) is 0 Å². The van der Waals surface area contributed by atoms with Crippen molar-refractivity contribution in [1.29, 1.82) is 0 Å². The predicted octanol–water partition coefficient (Wildman–Crippen LogP) is 3.49. The molecule has 4 N–H and O–H groups in total. The topological polar surface area (TPSA) is 119 Å². The lowest BCUT2D eigenvalue weighted by Crippen LogP contribution is -2.35. The fraction of sp³-hybridized carbons (Fsp3) is 0.348. The van der Waals surface area contributed by atoms with Crippen LogP contribution in [0.25, 0.3) is 0 Å². The molecule has 2 aromatic heterocycles. The minimum absolute atomic E-state index is 0.0475. The van der Waals surface area contributed by atoms with Crippen molar-refractivity contribution in [3.8, 4) is 5.75 Å². The van der Waals surface area contributed by atoms with E-state index in [1.54, 1.807) is 31.5 Å². The molecule has 0 saturated carbocycles. The van der Waals surface area contributed by atoms with Crippen LogP contribution in [0.4, 0.5) is 17.1 Å². The van der Waals surface area contributed by atoms with Crippen molar-refractivity contribution in [3.63, 3.8) is 0 Å². The number of phenolic OH excluding ortho intramolecular Hbond substituents is 1. The summed E-state index contributed by atoms with van der Waals surface area (Å²) in [7, 11) is 4.61. The van der Waals surface area contributed by atoms with Crippen molar-refractivity contribution in [2.45, 2.75) is 26.8 Å². The molecule has 0 fully saturated rings. The summed E-state index contributed by atoms with van der Waals surface area (Å²) in [6.07, 6.45) is 0. The zero-order chi connectivity index (χ0) is 24.5. The number of aromatic nitrogens is 2. The molecular formula is C23H29N5O4S. The van der Waals surface area contributed by atoms with Gasteiger partial charge in [-0.2, -0.15) is 0 Å². The van der Waals surface area contributed by atoms with Crippen LogP contribution in [0.3, 0.4) is 0 Å². The number of thiophene rings is 1. The normalized spacial score (nSPS) is 12.3. The van der Waals surface area contributed by atoms with Gasteiger partial charge in [-0.3, -0.25) is 24.2 Å². The third kappa shape index (κ3) is 4.95. The van der Waals surface area contributed by atoms with E-state index in [9.17, 15) is 19.5 Å². The monoisotopic (exact) mass is 471 g/mol. The van der Waals surface area contributed by atoms with Crippen LogP contribution >= 0.6 is 11.3 Å². The molecule has 0 aliphatic heterocycles. The Bertz CT molecular complexity index is 1270. The summed E-state index contributed by atoms with van der Waals surface area (Å²) >= 11 is 1.55. The molecule has 10 heteroatoms. The maximum Gasteiger partial charge on any atom is 0.290 e. The van der Waals surface area contributed by atoms with Gasteiger partial charge in [0.05, 0.1) is 17.3 Å². The van der Waals surface area contributed by atoms with Crippen LogP contribution in [0.1, 0.15) is 42.0 Å². The number of aryl methyl sites for hydroxylation is 1. The molecule has 0 unspecified atom stereocenters. The fourth-order valence-corrected chi connectivity index (χ4v) is 4.43. The maximum absolute atomic E-state index is 13.1. The number of nitrogens with one attached hydrogen (secondary N) is 3. The molecule has 1 aromatic carbocycles. The van der Waals surface area contributed by atoms with Gasteiger partial charge in [0.2, 0.25) is 0 Å². The second-order valence-corrected chi connectivity index (χ2v) is 10.0. The lowest BCUT2D eigenvalue weighted by molar-refractivity contribution is 0.0824. The molecule has 3 aromatic rings. The third-order valence-electron chi connectivity index (χ3n) is 5.18. The van der Waals surface area contributed by atoms with Gasteiger partial charge in [-0.1, -0.05) is 32.9 Å². The number of rotatable bonds is 6. The molecule has 2 heterocycles. The smallest absolute Gasteiger partial charge is 0.290 e. The summed E-state index contributed by atoms with van der Waals surface area (Å²) in [4.78, 5) is 40.7. The zero-order valence-electron chi connectivity index (χ0n) is 19.5. The number of carbonyl (C=O) groups is 1. The van der Waals surface area contributed by atoms with Crippen molar-refractivity contribution in [1.82, 2.24) is 14.7 Å². The number of amides is 1. The highest BCUT2D eigenvalue weighted by Crippen LogP contribution is 2.39. The first-order valence-corrected chi connectivity index (χ1v) is 11.2. The van der Waals surface area contributed by atoms with Crippen molar-refractivity contribution < 1.29 is 9.90 Å². The van der Waals surface area contributed by atoms with Crippen LogP contribution in [-0.4, -0.2) is 39.8 Å². The average molecular weight is 472 g/mol. The van der Waals surface area contributed by atoms with E-state index in [1.165, 1.54) is 24.1 Å².